The summed E-state index contributed by atoms with van der Waals surface area (Å²) in [5.74, 6) is 1.06. The molecule has 0 N–H and O–H groups in total. The van der Waals surface area contributed by atoms with Crippen LogP contribution in [-0.4, -0.2) is 35.2 Å². The van der Waals surface area contributed by atoms with Gasteiger partial charge in [-0.3, -0.25) is 0 Å². The Hall–Kier alpha value is -1.10. The van der Waals surface area contributed by atoms with Gasteiger partial charge in [0.05, 0.1) is 6.10 Å². The minimum atomic E-state index is 0.0588. The Kier molecular flexibility index (Phi) is 4.93. The maximum Gasteiger partial charge on any atom is 0.322 e. The van der Waals surface area contributed by atoms with Crippen molar-refractivity contribution in [3.05, 3.63) is 5.28 Å². The molecular weight excluding hydrogens is 240 g/mol. The SMILES string of the molecule is CC(C)CC(C)Oc1nc(Cl)nc(N(C)C)n1. The van der Waals surface area contributed by atoms with Crippen LogP contribution in [0.2, 0.25) is 5.28 Å². The molecule has 1 unspecified atom stereocenters. The molecule has 1 rings (SSSR count). The predicted molar refractivity (Wildman–Crippen MR) is 68.7 cm³/mol. The summed E-state index contributed by atoms with van der Waals surface area (Å²) < 4.78 is 5.62. The molecule has 0 spiro atoms. The average Bonchev–Trinajstić information content (AvgIpc) is 2.14. The van der Waals surface area contributed by atoms with Gasteiger partial charge in [-0.2, -0.15) is 15.0 Å². The third kappa shape index (κ3) is 4.73. The van der Waals surface area contributed by atoms with E-state index in [2.05, 4.69) is 28.8 Å². The highest BCUT2D eigenvalue weighted by Gasteiger charge is 2.12. The molecule has 0 saturated carbocycles. The molecule has 6 heteroatoms. The summed E-state index contributed by atoms with van der Waals surface area (Å²) in [5, 5.41) is 0.149. The summed E-state index contributed by atoms with van der Waals surface area (Å²) >= 11 is 5.81. The number of hydrogen-bond donors (Lipinski definition) is 0. The summed E-state index contributed by atoms with van der Waals surface area (Å²) in [5.41, 5.74) is 0. The monoisotopic (exact) mass is 258 g/mol. The van der Waals surface area contributed by atoms with E-state index in [1.807, 2.05) is 21.0 Å². The topological polar surface area (TPSA) is 51.1 Å². The minimum absolute atomic E-state index is 0.0588. The van der Waals surface area contributed by atoms with Crippen LogP contribution in [0.15, 0.2) is 0 Å². The smallest absolute Gasteiger partial charge is 0.322 e. The second-order valence-electron chi connectivity index (χ2n) is 4.64. The van der Waals surface area contributed by atoms with Crippen molar-refractivity contribution in [2.75, 3.05) is 19.0 Å². The molecule has 0 aliphatic carbocycles. The van der Waals surface area contributed by atoms with Gasteiger partial charge in [-0.25, -0.2) is 0 Å². The summed E-state index contributed by atoms with van der Waals surface area (Å²) in [6.45, 7) is 6.28. The molecule has 0 aromatic carbocycles. The first kappa shape index (κ1) is 14.0. The Balaban J connectivity index is 2.77. The van der Waals surface area contributed by atoms with Crippen LogP contribution in [0.4, 0.5) is 5.95 Å². The van der Waals surface area contributed by atoms with Crippen molar-refractivity contribution >= 4 is 17.5 Å². The summed E-state index contributed by atoms with van der Waals surface area (Å²) in [6, 6.07) is 0.279. The van der Waals surface area contributed by atoms with Crippen LogP contribution < -0.4 is 9.64 Å². The lowest BCUT2D eigenvalue weighted by atomic mass is 10.1. The second-order valence-corrected chi connectivity index (χ2v) is 4.98. The van der Waals surface area contributed by atoms with Crippen LogP contribution in [0.3, 0.4) is 0 Å². The van der Waals surface area contributed by atoms with E-state index in [0.717, 1.165) is 6.42 Å². The standard InChI is InChI=1S/C11H19ClN4O/c1-7(2)6-8(3)17-11-14-9(12)13-10(15-11)16(4)5/h7-8H,6H2,1-5H3. The van der Waals surface area contributed by atoms with Gasteiger partial charge in [0.2, 0.25) is 11.2 Å². The van der Waals surface area contributed by atoms with Gasteiger partial charge in [-0.1, -0.05) is 13.8 Å². The van der Waals surface area contributed by atoms with Crippen LogP contribution in [0.25, 0.3) is 0 Å². The number of halogens is 1. The molecule has 1 aromatic rings. The molecule has 96 valence electrons. The van der Waals surface area contributed by atoms with E-state index in [9.17, 15) is 0 Å². The second kappa shape index (κ2) is 6.00. The average molecular weight is 259 g/mol. The third-order valence-electron chi connectivity index (χ3n) is 2.09. The summed E-state index contributed by atoms with van der Waals surface area (Å²) in [4.78, 5) is 13.9. The van der Waals surface area contributed by atoms with Crippen LogP contribution in [0.1, 0.15) is 27.2 Å². The largest absolute Gasteiger partial charge is 0.460 e. The molecule has 5 nitrogen and oxygen atoms in total. The van der Waals surface area contributed by atoms with Crippen molar-refractivity contribution in [1.29, 1.82) is 0 Å². The first-order valence-corrected chi connectivity index (χ1v) is 6.01. The Morgan fingerprint density at radius 1 is 1.18 bits per heavy atom. The normalized spacial score (nSPS) is 12.6. The fourth-order valence-electron chi connectivity index (χ4n) is 1.47. The third-order valence-corrected chi connectivity index (χ3v) is 2.25. The minimum Gasteiger partial charge on any atom is -0.460 e. The molecule has 0 fully saturated rings. The van der Waals surface area contributed by atoms with Gasteiger partial charge >= 0.3 is 6.01 Å². The molecule has 0 amide bonds. The highest BCUT2D eigenvalue weighted by molar-refractivity contribution is 6.28. The molecule has 0 bridgehead atoms. The van der Waals surface area contributed by atoms with Crippen molar-refractivity contribution in [1.82, 2.24) is 15.0 Å². The zero-order chi connectivity index (χ0) is 13.0. The van der Waals surface area contributed by atoms with Crippen molar-refractivity contribution in [2.24, 2.45) is 5.92 Å². The Morgan fingerprint density at radius 3 is 2.35 bits per heavy atom. The Morgan fingerprint density at radius 2 is 1.82 bits per heavy atom. The maximum atomic E-state index is 5.81. The molecule has 1 atom stereocenters. The maximum absolute atomic E-state index is 5.81. The summed E-state index contributed by atoms with van der Waals surface area (Å²) in [7, 11) is 3.68. The van der Waals surface area contributed by atoms with Gasteiger partial charge in [0.1, 0.15) is 0 Å². The number of hydrogen-bond acceptors (Lipinski definition) is 5. The molecule has 0 radical (unpaired) electrons. The first-order chi connectivity index (χ1) is 7.88. The first-order valence-electron chi connectivity index (χ1n) is 5.64. The molecule has 0 saturated heterocycles. The van der Waals surface area contributed by atoms with Crippen LogP contribution in [0.5, 0.6) is 6.01 Å². The van der Waals surface area contributed by atoms with E-state index < -0.39 is 0 Å². The highest BCUT2D eigenvalue weighted by Crippen LogP contribution is 2.16. The molecule has 0 aliphatic rings. The number of anilines is 1. The van der Waals surface area contributed by atoms with Gasteiger partial charge in [0.15, 0.2) is 0 Å². The molecule has 17 heavy (non-hydrogen) atoms. The van der Waals surface area contributed by atoms with E-state index >= 15 is 0 Å². The molecule has 1 aromatic heterocycles. The van der Waals surface area contributed by atoms with E-state index in [-0.39, 0.29) is 17.4 Å². The van der Waals surface area contributed by atoms with Crippen molar-refractivity contribution in [2.45, 2.75) is 33.3 Å². The van der Waals surface area contributed by atoms with Gasteiger partial charge < -0.3 is 9.64 Å². The summed E-state index contributed by atoms with van der Waals surface area (Å²) in [6.07, 6.45) is 1.00. The quantitative estimate of drug-likeness (QED) is 0.812. The lowest BCUT2D eigenvalue weighted by molar-refractivity contribution is 0.177. The number of ether oxygens (including phenoxy) is 1. The van der Waals surface area contributed by atoms with Gasteiger partial charge in [-0.15, -0.1) is 0 Å². The number of aromatic nitrogens is 3. The lowest BCUT2D eigenvalue weighted by Crippen LogP contribution is -2.18. The number of rotatable bonds is 5. The fourth-order valence-corrected chi connectivity index (χ4v) is 1.61. The van der Waals surface area contributed by atoms with E-state index in [1.165, 1.54) is 0 Å². The van der Waals surface area contributed by atoms with Crippen LogP contribution in [-0.2, 0) is 0 Å². The van der Waals surface area contributed by atoms with Gasteiger partial charge in [0.25, 0.3) is 0 Å². The van der Waals surface area contributed by atoms with Crippen molar-refractivity contribution in [3.8, 4) is 6.01 Å². The van der Waals surface area contributed by atoms with Crippen LogP contribution >= 0.6 is 11.6 Å². The molecular formula is C11H19ClN4O. The van der Waals surface area contributed by atoms with Gasteiger partial charge in [0, 0.05) is 14.1 Å². The zero-order valence-corrected chi connectivity index (χ0v) is 11.7. The van der Waals surface area contributed by atoms with E-state index in [0.29, 0.717) is 11.9 Å². The lowest BCUT2D eigenvalue weighted by Gasteiger charge is -2.16. The van der Waals surface area contributed by atoms with E-state index in [4.69, 9.17) is 16.3 Å². The zero-order valence-electron chi connectivity index (χ0n) is 10.9. The van der Waals surface area contributed by atoms with Crippen LogP contribution in [0, 0.1) is 5.92 Å². The predicted octanol–water partition coefficient (Wildman–Crippen LogP) is 2.40. The number of nitrogens with zero attached hydrogens (tertiary/aromatic N) is 4. The van der Waals surface area contributed by atoms with Crippen molar-refractivity contribution < 1.29 is 4.74 Å². The van der Waals surface area contributed by atoms with Crippen molar-refractivity contribution in [3.63, 3.8) is 0 Å². The fraction of sp³-hybridized carbons (Fsp3) is 0.727. The molecule has 0 aliphatic heterocycles. The van der Waals surface area contributed by atoms with Gasteiger partial charge in [-0.05, 0) is 30.9 Å². The molecule has 1 heterocycles. The highest BCUT2D eigenvalue weighted by atomic mass is 35.5. The Bertz CT molecular complexity index is 370. The van der Waals surface area contributed by atoms with E-state index in [1.54, 1.807) is 4.90 Å². The Labute approximate surface area is 107 Å².